The number of carbonyl (C=O) groups is 1. The fraction of sp³-hybridized carbons (Fsp3) is 0.364. The molecule has 0 spiro atoms. The lowest BCUT2D eigenvalue weighted by Gasteiger charge is -2.33. The second-order valence-corrected chi connectivity index (χ2v) is 7.44. The van der Waals surface area contributed by atoms with Crippen LogP contribution in [-0.2, 0) is 17.6 Å². The van der Waals surface area contributed by atoms with Gasteiger partial charge in [0.25, 0.3) is 0 Å². The third-order valence-electron chi connectivity index (χ3n) is 5.56. The molecule has 3 aromatic rings. The number of rotatable bonds is 5. The van der Waals surface area contributed by atoms with E-state index in [4.69, 9.17) is 0 Å². The van der Waals surface area contributed by atoms with Crippen molar-refractivity contribution in [2.24, 2.45) is 5.92 Å². The van der Waals surface area contributed by atoms with Crippen LogP contribution in [0.2, 0.25) is 0 Å². The number of fused-ring (bicyclic) bond motifs is 1. The molecule has 0 aliphatic carbocycles. The van der Waals surface area contributed by atoms with E-state index >= 15 is 0 Å². The van der Waals surface area contributed by atoms with Crippen LogP contribution >= 0.6 is 0 Å². The average molecular weight is 383 g/mol. The minimum Gasteiger partial charge on any atom is -0.342 e. The third-order valence-corrected chi connectivity index (χ3v) is 5.56. The maximum absolute atomic E-state index is 13.8. The molecule has 2 aromatic heterocycles. The summed E-state index contributed by atoms with van der Waals surface area (Å²) in [5.74, 6) is -0.640. The lowest BCUT2D eigenvalue weighted by atomic mass is 9.91. The van der Waals surface area contributed by atoms with Crippen molar-refractivity contribution in [2.75, 3.05) is 13.1 Å². The van der Waals surface area contributed by atoms with Crippen molar-refractivity contribution >= 4 is 11.6 Å². The number of benzene rings is 1. The molecule has 4 nitrogen and oxygen atoms in total. The number of piperidine rings is 1. The van der Waals surface area contributed by atoms with Gasteiger partial charge < -0.3 is 9.30 Å². The first-order chi connectivity index (χ1) is 13.6. The molecule has 1 fully saturated rings. The Kier molecular flexibility index (Phi) is 5.37. The Hall–Kier alpha value is -2.76. The van der Waals surface area contributed by atoms with Crippen LogP contribution in [0, 0.1) is 17.6 Å². The normalized spacial score (nSPS) is 17.2. The van der Waals surface area contributed by atoms with E-state index in [0.717, 1.165) is 30.7 Å². The second kappa shape index (κ2) is 8.09. The number of likely N-dealkylation sites (tertiary alicyclic amines) is 1. The first kappa shape index (κ1) is 18.6. The second-order valence-electron chi connectivity index (χ2n) is 7.44. The zero-order valence-electron chi connectivity index (χ0n) is 15.7. The van der Waals surface area contributed by atoms with Crippen molar-refractivity contribution in [1.82, 2.24) is 14.3 Å². The summed E-state index contributed by atoms with van der Waals surface area (Å²) < 4.78 is 29.6. The SMILES string of the molecule is O=C(Cc1cnc2ccccn12)N1CCC[C@@H](CCc2c(F)cccc2F)C1. The van der Waals surface area contributed by atoms with Crippen LogP contribution in [0.5, 0.6) is 0 Å². The first-order valence-electron chi connectivity index (χ1n) is 9.73. The predicted octanol–water partition coefficient (Wildman–Crippen LogP) is 4.03. The summed E-state index contributed by atoms with van der Waals surface area (Å²) in [6.45, 7) is 1.38. The summed E-state index contributed by atoms with van der Waals surface area (Å²) >= 11 is 0. The largest absolute Gasteiger partial charge is 0.342 e. The summed E-state index contributed by atoms with van der Waals surface area (Å²) in [7, 11) is 0. The fourth-order valence-corrected chi connectivity index (χ4v) is 4.03. The fourth-order valence-electron chi connectivity index (χ4n) is 4.03. The molecule has 146 valence electrons. The van der Waals surface area contributed by atoms with Gasteiger partial charge in [-0.25, -0.2) is 13.8 Å². The lowest BCUT2D eigenvalue weighted by Crippen LogP contribution is -2.41. The van der Waals surface area contributed by atoms with Crippen LogP contribution in [0.3, 0.4) is 0 Å². The van der Waals surface area contributed by atoms with Crippen molar-refractivity contribution in [3.8, 4) is 0 Å². The number of hydrogen-bond acceptors (Lipinski definition) is 2. The van der Waals surface area contributed by atoms with Gasteiger partial charge in [-0.05, 0) is 55.9 Å². The molecule has 0 unspecified atom stereocenters. The van der Waals surface area contributed by atoms with E-state index in [-0.39, 0.29) is 17.4 Å². The van der Waals surface area contributed by atoms with Gasteiger partial charge in [-0.1, -0.05) is 12.1 Å². The molecule has 0 bridgehead atoms. The van der Waals surface area contributed by atoms with Crippen LogP contribution in [0.4, 0.5) is 8.78 Å². The number of amides is 1. The van der Waals surface area contributed by atoms with Gasteiger partial charge in [0.2, 0.25) is 5.91 Å². The Bertz CT molecular complexity index is 965. The molecule has 1 aromatic carbocycles. The summed E-state index contributed by atoms with van der Waals surface area (Å²) in [5, 5.41) is 0. The van der Waals surface area contributed by atoms with Gasteiger partial charge in [-0.3, -0.25) is 4.79 Å². The lowest BCUT2D eigenvalue weighted by molar-refractivity contribution is -0.132. The standard InChI is InChI=1S/C22H23F2N3O/c23-19-6-3-7-20(24)18(19)10-9-16-5-4-11-26(15-16)22(28)13-17-14-25-21-8-1-2-12-27(17)21/h1-3,6-8,12,14,16H,4-5,9-11,13,15H2/t16-/m0/s1. The van der Waals surface area contributed by atoms with E-state index in [2.05, 4.69) is 4.98 Å². The van der Waals surface area contributed by atoms with Crippen molar-refractivity contribution < 1.29 is 13.6 Å². The highest BCUT2D eigenvalue weighted by Gasteiger charge is 2.25. The number of pyridine rings is 1. The number of halogens is 2. The van der Waals surface area contributed by atoms with Crippen LogP contribution in [-0.4, -0.2) is 33.3 Å². The maximum atomic E-state index is 13.8. The van der Waals surface area contributed by atoms with Gasteiger partial charge in [-0.2, -0.15) is 0 Å². The minimum absolute atomic E-state index is 0.0763. The molecular formula is C22H23F2N3O. The van der Waals surface area contributed by atoms with Gasteiger partial charge in [0.15, 0.2) is 0 Å². The number of aromatic nitrogens is 2. The zero-order chi connectivity index (χ0) is 19.5. The molecule has 1 amide bonds. The highest BCUT2D eigenvalue weighted by Crippen LogP contribution is 2.24. The van der Waals surface area contributed by atoms with E-state index in [1.165, 1.54) is 18.2 Å². The Labute approximate surface area is 162 Å². The van der Waals surface area contributed by atoms with E-state index in [9.17, 15) is 13.6 Å². The van der Waals surface area contributed by atoms with Crippen LogP contribution in [0.15, 0.2) is 48.8 Å². The van der Waals surface area contributed by atoms with E-state index < -0.39 is 11.6 Å². The number of hydrogen-bond donors (Lipinski definition) is 0. The van der Waals surface area contributed by atoms with Crippen LogP contribution < -0.4 is 0 Å². The summed E-state index contributed by atoms with van der Waals surface area (Å²) in [6, 6.07) is 9.72. The molecule has 1 aliphatic rings. The Morgan fingerprint density at radius 3 is 2.79 bits per heavy atom. The molecule has 0 N–H and O–H groups in total. The topological polar surface area (TPSA) is 37.6 Å². The summed E-state index contributed by atoms with van der Waals surface area (Å²) in [6.07, 6.45) is 6.90. The Balaban J connectivity index is 1.37. The number of carbonyl (C=O) groups excluding carboxylic acids is 1. The summed E-state index contributed by atoms with van der Waals surface area (Å²) in [4.78, 5) is 19.0. The number of nitrogens with zero attached hydrogens (tertiary/aromatic N) is 3. The zero-order valence-corrected chi connectivity index (χ0v) is 15.7. The first-order valence-corrected chi connectivity index (χ1v) is 9.73. The highest BCUT2D eigenvalue weighted by molar-refractivity contribution is 5.78. The minimum atomic E-state index is -0.489. The monoisotopic (exact) mass is 383 g/mol. The van der Waals surface area contributed by atoms with E-state index in [1.54, 1.807) is 6.20 Å². The number of imidazole rings is 1. The molecule has 1 aliphatic heterocycles. The Morgan fingerprint density at radius 2 is 1.96 bits per heavy atom. The molecule has 1 atom stereocenters. The average Bonchev–Trinajstić information content (AvgIpc) is 3.11. The van der Waals surface area contributed by atoms with Crippen LogP contribution in [0.1, 0.15) is 30.5 Å². The predicted molar refractivity (Wildman–Crippen MR) is 103 cm³/mol. The van der Waals surface area contributed by atoms with E-state index in [0.29, 0.717) is 25.8 Å². The van der Waals surface area contributed by atoms with Crippen LogP contribution in [0.25, 0.3) is 5.65 Å². The highest BCUT2D eigenvalue weighted by atomic mass is 19.1. The molecule has 3 heterocycles. The smallest absolute Gasteiger partial charge is 0.228 e. The van der Waals surface area contributed by atoms with Gasteiger partial charge in [0.05, 0.1) is 12.1 Å². The van der Waals surface area contributed by atoms with Crippen molar-refractivity contribution in [3.63, 3.8) is 0 Å². The van der Waals surface area contributed by atoms with Gasteiger partial charge in [-0.15, -0.1) is 0 Å². The van der Waals surface area contributed by atoms with Crippen molar-refractivity contribution in [1.29, 1.82) is 0 Å². The molecule has 4 rings (SSSR count). The van der Waals surface area contributed by atoms with Crippen molar-refractivity contribution in [2.45, 2.75) is 32.1 Å². The van der Waals surface area contributed by atoms with Gasteiger partial charge in [0.1, 0.15) is 17.3 Å². The molecular weight excluding hydrogens is 360 g/mol. The molecule has 28 heavy (non-hydrogen) atoms. The van der Waals surface area contributed by atoms with Crippen molar-refractivity contribution in [3.05, 3.63) is 71.7 Å². The van der Waals surface area contributed by atoms with E-state index in [1.807, 2.05) is 33.7 Å². The summed E-state index contributed by atoms with van der Waals surface area (Å²) in [5.41, 5.74) is 1.85. The quantitative estimate of drug-likeness (QED) is 0.667. The molecule has 0 radical (unpaired) electrons. The Morgan fingerprint density at radius 1 is 1.14 bits per heavy atom. The molecule has 1 saturated heterocycles. The maximum Gasteiger partial charge on any atom is 0.228 e. The van der Waals surface area contributed by atoms with Gasteiger partial charge >= 0.3 is 0 Å². The molecule has 6 heteroatoms. The van der Waals surface area contributed by atoms with Gasteiger partial charge in [0, 0.05) is 31.0 Å². The third kappa shape index (κ3) is 3.91. The molecule has 0 saturated carbocycles.